The smallest absolute Gasteiger partial charge is 0.339 e. The van der Waals surface area contributed by atoms with Crippen molar-refractivity contribution in [2.24, 2.45) is 0 Å². The molecule has 2 aromatic rings. The number of rotatable bonds is 4. The predicted octanol–water partition coefficient (Wildman–Crippen LogP) is 3.90. The highest BCUT2D eigenvalue weighted by Crippen LogP contribution is 2.24. The van der Waals surface area contributed by atoms with E-state index in [0.29, 0.717) is 21.1 Å². The number of carbonyl (C=O) groups is 1. The van der Waals surface area contributed by atoms with Crippen LogP contribution in [0.2, 0.25) is 0 Å². The molecule has 22 heavy (non-hydrogen) atoms. The van der Waals surface area contributed by atoms with Gasteiger partial charge in [-0.05, 0) is 34.5 Å². The summed E-state index contributed by atoms with van der Waals surface area (Å²) >= 11 is 6.62. The molecule has 0 spiro atoms. The molecule has 0 bridgehead atoms. The molecule has 2 rings (SSSR count). The topological polar surface area (TPSA) is 48.3 Å². The molecule has 0 radical (unpaired) electrons. The van der Waals surface area contributed by atoms with E-state index in [2.05, 4.69) is 31.9 Å². The predicted molar refractivity (Wildman–Crippen MR) is 92.6 cm³/mol. The Morgan fingerprint density at radius 2 is 1.95 bits per heavy atom. The first-order chi connectivity index (χ1) is 10.5. The third kappa shape index (κ3) is 3.17. The van der Waals surface area contributed by atoms with Crippen LogP contribution in [0.4, 0.5) is 0 Å². The number of halogens is 2. The molecule has 0 saturated heterocycles. The third-order valence-electron chi connectivity index (χ3n) is 3.50. The van der Waals surface area contributed by atoms with Crippen LogP contribution in [0.5, 0.6) is 0 Å². The first-order valence-corrected chi connectivity index (χ1v) is 8.55. The molecule has 0 N–H and O–H groups in total. The molecular formula is C16H15Br2NO3. The Bertz CT molecular complexity index is 741. The zero-order valence-corrected chi connectivity index (χ0v) is 15.3. The normalized spacial score (nSPS) is 12.0. The summed E-state index contributed by atoms with van der Waals surface area (Å²) < 4.78 is 6.76. The van der Waals surface area contributed by atoms with Crippen LogP contribution < -0.4 is 5.56 Å². The SMILES string of the molecule is COC(=O)c1cc(Br)c(=O)n(C(C)c2ccccc2)c1CBr. The monoisotopic (exact) mass is 427 g/mol. The van der Waals surface area contributed by atoms with Crippen LogP contribution in [0.1, 0.15) is 34.6 Å². The highest BCUT2D eigenvalue weighted by molar-refractivity contribution is 9.10. The number of ether oxygens (including phenoxy) is 1. The number of nitrogens with zero attached hydrogens (tertiary/aromatic N) is 1. The summed E-state index contributed by atoms with van der Waals surface area (Å²) in [5.41, 5.74) is 1.77. The second-order valence-corrected chi connectivity index (χ2v) is 6.15. The summed E-state index contributed by atoms with van der Waals surface area (Å²) in [7, 11) is 1.32. The van der Waals surface area contributed by atoms with Crippen LogP contribution in [0, 0.1) is 0 Å². The van der Waals surface area contributed by atoms with Gasteiger partial charge in [-0.3, -0.25) is 4.79 Å². The largest absolute Gasteiger partial charge is 0.465 e. The fourth-order valence-corrected chi connectivity index (χ4v) is 3.34. The fraction of sp³-hybridized carbons (Fsp3) is 0.250. The molecule has 0 amide bonds. The Kier molecular flexibility index (Phi) is 5.58. The summed E-state index contributed by atoms with van der Waals surface area (Å²) in [5.74, 6) is -0.468. The summed E-state index contributed by atoms with van der Waals surface area (Å²) in [6.45, 7) is 1.93. The van der Waals surface area contributed by atoms with E-state index in [9.17, 15) is 9.59 Å². The molecule has 1 unspecified atom stereocenters. The van der Waals surface area contributed by atoms with Gasteiger partial charge in [0, 0.05) is 11.0 Å². The quantitative estimate of drug-likeness (QED) is 0.548. The number of hydrogen-bond donors (Lipinski definition) is 0. The first kappa shape index (κ1) is 17.0. The van der Waals surface area contributed by atoms with E-state index >= 15 is 0 Å². The second kappa shape index (κ2) is 7.24. The van der Waals surface area contributed by atoms with Crippen molar-refractivity contribution in [1.29, 1.82) is 0 Å². The van der Waals surface area contributed by atoms with Crippen LogP contribution in [0.3, 0.4) is 0 Å². The van der Waals surface area contributed by atoms with Gasteiger partial charge in [0.15, 0.2) is 0 Å². The van der Waals surface area contributed by atoms with Gasteiger partial charge in [-0.15, -0.1) is 0 Å². The van der Waals surface area contributed by atoms with Gasteiger partial charge in [-0.2, -0.15) is 0 Å². The van der Waals surface area contributed by atoms with Crippen LogP contribution in [0.15, 0.2) is 45.7 Å². The maximum atomic E-state index is 12.6. The van der Waals surface area contributed by atoms with Crippen LogP contribution >= 0.6 is 31.9 Å². The molecule has 4 nitrogen and oxygen atoms in total. The van der Waals surface area contributed by atoms with E-state index in [4.69, 9.17) is 4.74 Å². The van der Waals surface area contributed by atoms with Crippen molar-refractivity contribution in [1.82, 2.24) is 4.57 Å². The molecule has 0 aliphatic heterocycles. The van der Waals surface area contributed by atoms with Crippen molar-refractivity contribution in [3.05, 3.63) is 68.0 Å². The number of alkyl halides is 1. The van der Waals surface area contributed by atoms with Crippen LogP contribution in [0.25, 0.3) is 0 Å². The number of aromatic nitrogens is 1. The van der Waals surface area contributed by atoms with Gasteiger partial charge < -0.3 is 9.30 Å². The van der Waals surface area contributed by atoms with Crippen molar-refractivity contribution in [2.45, 2.75) is 18.3 Å². The van der Waals surface area contributed by atoms with Gasteiger partial charge in [0.2, 0.25) is 0 Å². The standard InChI is InChI=1S/C16H15Br2NO3/c1-10(11-6-4-3-5-7-11)19-14(9-17)12(16(21)22-2)8-13(18)15(19)20/h3-8,10H,9H2,1-2H3. The minimum absolute atomic E-state index is 0.182. The Morgan fingerprint density at radius 3 is 2.50 bits per heavy atom. The average molecular weight is 429 g/mol. The van der Waals surface area contributed by atoms with Crippen molar-refractivity contribution in [2.75, 3.05) is 7.11 Å². The van der Waals surface area contributed by atoms with Crippen LogP contribution in [-0.4, -0.2) is 17.6 Å². The highest BCUT2D eigenvalue weighted by atomic mass is 79.9. The summed E-state index contributed by atoms with van der Waals surface area (Å²) in [5, 5.41) is 0.372. The van der Waals surface area contributed by atoms with Crippen molar-refractivity contribution in [3.63, 3.8) is 0 Å². The van der Waals surface area contributed by atoms with Gasteiger partial charge in [0.25, 0.3) is 5.56 Å². The number of pyridine rings is 1. The van der Waals surface area contributed by atoms with Gasteiger partial charge in [0.05, 0.1) is 23.2 Å². The molecule has 116 valence electrons. The third-order valence-corrected chi connectivity index (χ3v) is 4.60. The lowest BCUT2D eigenvalue weighted by Gasteiger charge is -2.21. The number of carbonyl (C=O) groups excluding carboxylic acids is 1. The zero-order valence-electron chi connectivity index (χ0n) is 12.2. The van der Waals surface area contributed by atoms with Gasteiger partial charge in [-0.1, -0.05) is 46.3 Å². The molecule has 0 fully saturated rings. The molecule has 6 heteroatoms. The number of methoxy groups -OCH3 is 1. The lowest BCUT2D eigenvalue weighted by Crippen LogP contribution is -2.29. The second-order valence-electron chi connectivity index (χ2n) is 4.74. The van der Waals surface area contributed by atoms with E-state index in [1.165, 1.54) is 13.2 Å². The fourth-order valence-electron chi connectivity index (χ4n) is 2.35. The van der Waals surface area contributed by atoms with Gasteiger partial charge in [-0.25, -0.2) is 4.79 Å². The maximum Gasteiger partial charge on any atom is 0.339 e. The van der Waals surface area contributed by atoms with E-state index in [1.54, 1.807) is 4.57 Å². The average Bonchev–Trinajstić information content (AvgIpc) is 2.56. The molecule has 1 heterocycles. The number of benzene rings is 1. The zero-order chi connectivity index (χ0) is 16.3. The van der Waals surface area contributed by atoms with Gasteiger partial charge in [0.1, 0.15) is 0 Å². The molecule has 1 aromatic heterocycles. The van der Waals surface area contributed by atoms with Crippen LogP contribution in [-0.2, 0) is 10.1 Å². The van der Waals surface area contributed by atoms with E-state index in [1.807, 2.05) is 37.3 Å². The first-order valence-electron chi connectivity index (χ1n) is 6.64. The summed E-state index contributed by atoms with van der Waals surface area (Å²) in [6.07, 6.45) is 0. The number of esters is 1. The van der Waals surface area contributed by atoms with Gasteiger partial charge >= 0.3 is 5.97 Å². The Balaban J connectivity index is 2.71. The molecule has 1 atom stereocenters. The Morgan fingerprint density at radius 1 is 1.32 bits per heavy atom. The van der Waals surface area contributed by atoms with Crippen molar-refractivity contribution in [3.8, 4) is 0 Å². The highest BCUT2D eigenvalue weighted by Gasteiger charge is 2.22. The summed E-state index contributed by atoms with van der Waals surface area (Å²) in [4.78, 5) is 24.6. The molecule has 1 aromatic carbocycles. The molecule has 0 saturated carbocycles. The molecule has 0 aliphatic rings. The minimum Gasteiger partial charge on any atom is -0.465 e. The maximum absolute atomic E-state index is 12.6. The lowest BCUT2D eigenvalue weighted by molar-refractivity contribution is 0.0598. The summed E-state index contributed by atoms with van der Waals surface area (Å²) in [6, 6.07) is 11.0. The van der Waals surface area contributed by atoms with E-state index < -0.39 is 5.97 Å². The number of hydrogen-bond acceptors (Lipinski definition) is 3. The van der Waals surface area contributed by atoms with E-state index in [-0.39, 0.29) is 11.6 Å². The molecule has 0 aliphatic carbocycles. The van der Waals surface area contributed by atoms with E-state index in [0.717, 1.165) is 5.56 Å². The Labute approximate surface area is 145 Å². The Hall–Kier alpha value is -1.40. The van der Waals surface area contributed by atoms with Crippen molar-refractivity contribution < 1.29 is 9.53 Å². The molecular weight excluding hydrogens is 414 g/mol. The minimum atomic E-state index is -0.468. The van der Waals surface area contributed by atoms with Crippen molar-refractivity contribution >= 4 is 37.8 Å². The lowest BCUT2D eigenvalue weighted by atomic mass is 10.1.